The molecule has 8 aliphatic rings. The summed E-state index contributed by atoms with van der Waals surface area (Å²) in [7, 11) is 0. The lowest BCUT2D eigenvalue weighted by atomic mass is 9.38. The Morgan fingerprint density at radius 3 is 1.35 bits per heavy atom. The van der Waals surface area contributed by atoms with Gasteiger partial charge in [-0.3, -0.25) is 0 Å². The molecule has 0 spiro atoms. The van der Waals surface area contributed by atoms with Crippen molar-refractivity contribution >= 4 is 11.3 Å². The van der Waals surface area contributed by atoms with Crippen molar-refractivity contribution in [2.45, 2.75) is 83.0 Å². The first-order chi connectivity index (χ1) is 12.7. The fraction of sp³-hybridized carbons (Fsp3) is 0.840. The van der Waals surface area contributed by atoms with Crippen LogP contribution in [0.25, 0.3) is 0 Å². The zero-order chi connectivity index (χ0) is 16.9. The molecule has 0 nitrogen and oxygen atoms in total. The molecule has 1 heteroatoms. The van der Waals surface area contributed by atoms with E-state index in [0.717, 1.165) is 41.4 Å². The Balaban J connectivity index is 1.36. The van der Waals surface area contributed by atoms with Crippen molar-refractivity contribution in [3.05, 3.63) is 22.4 Å². The van der Waals surface area contributed by atoms with Crippen LogP contribution in [0.1, 0.15) is 87.8 Å². The Hall–Kier alpha value is -0.300. The Bertz CT molecular complexity index is 583. The maximum atomic E-state index is 2.56. The van der Waals surface area contributed by atoms with Gasteiger partial charge in [-0.1, -0.05) is 6.07 Å². The molecule has 26 heavy (non-hydrogen) atoms. The molecule has 1 heterocycles. The van der Waals surface area contributed by atoms with Crippen molar-refractivity contribution in [2.75, 3.05) is 0 Å². The minimum absolute atomic E-state index is 0.700. The third kappa shape index (κ3) is 2.08. The molecule has 0 aromatic carbocycles. The molecule has 8 saturated carbocycles. The van der Waals surface area contributed by atoms with Crippen LogP contribution in [0.15, 0.2) is 17.5 Å². The van der Waals surface area contributed by atoms with E-state index in [1.54, 1.807) is 77.0 Å². The maximum Gasteiger partial charge on any atom is 0.00872 e. The summed E-state index contributed by atoms with van der Waals surface area (Å²) < 4.78 is 0. The lowest BCUT2D eigenvalue weighted by Crippen LogP contribution is -2.56. The first-order valence-electron chi connectivity index (χ1n) is 11.7. The third-order valence-corrected chi connectivity index (χ3v) is 11.2. The van der Waals surface area contributed by atoms with Crippen LogP contribution >= 0.6 is 11.3 Å². The van der Waals surface area contributed by atoms with Crippen LogP contribution in [0.3, 0.4) is 0 Å². The van der Waals surface area contributed by atoms with E-state index in [1.165, 1.54) is 0 Å². The molecular weight excluding hydrogens is 332 g/mol. The summed E-state index contributed by atoms with van der Waals surface area (Å²) in [6.45, 7) is 0. The standard InChI is InChI=1S/C25H34S/c1-2-22(26-3-1)23(24-10-16-4-17(11-24)6-18(5-16)12-24)25-13-19-7-20(14-25)9-21(8-19)15-25/h1-3,16-21,23H,4-15H2. The van der Waals surface area contributed by atoms with Gasteiger partial charge in [0.15, 0.2) is 0 Å². The quantitative estimate of drug-likeness (QED) is 0.528. The van der Waals surface area contributed by atoms with E-state index in [9.17, 15) is 0 Å². The predicted molar refractivity (Wildman–Crippen MR) is 108 cm³/mol. The van der Waals surface area contributed by atoms with Crippen molar-refractivity contribution in [1.82, 2.24) is 0 Å². The van der Waals surface area contributed by atoms with Gasteiger partial charge in [0.1, 0.15) is 0 Å². The minimum Gasteiger partial charge on any atom is -0.149 e. The monoisotopic (exact) mass is 366 g/mol. The van der Waals surface area contributed by atoms with Crippen LogP contribution in [-0.2, 0) is 0 Å². The van der Waals surface area contributed by atoms with Gasteiger partial charge in [0, 0.05) is 10.8 Å². The topological polar surface area (TPSA) is 0 Å². The zero-order valence-electron chi connectivity index (χ0n) is 16.2. The molecule has 0 N–H and O–H groups in total. The van der Waals surface area contributed by atoms with Gasteiger partial charge in [0.2, 0.25) is 0 Å². The Morgan fingerprint density at radius 2 is 1.04 bits per heavy atom. The second kappa shape index (κ2) is 5.19. The Labute approximate surface area is 163 Å². The lowest BCUT2D eigenvalue weighted by molar-refractivity contribution is -0.143. The minimum atomic E-state index is 0.700. The molecule has 8 aliphatic carbocycles. The fourth-order valence-electron chi connectivity index (χ4n) is 10.8. The van der Waals surface area contributed by atoms with Crippen molar-refractivity contribution in [3.63, 3.8) is 0 Å². The van der Waals surface area contributed by atoms with Gasteiger partial charge in [0.05, 0.1) is 0 Å². The smallest absolute Gasteiger partial charge is 0.00872 e. The zero-order valence-corrected chi connectivity index (χ0v) is 17.0. The van der Waals surface area contributed by atoms with Crippen molar-refractivity contribution in [3.8, 4) is 0 Å². The fourth-order valence-corrected chi connectivity index (χ4v) is 11.9. The summed E-state index contributed by atoms with van der Waals surface area (Å²) in [6, 6.07) is 4.93. The Kier molecular flexibility index (Phi) is 3.11. The van der Waals surface area contributed by atoms with E-state index >= 15 is 0 Å². The highest BCUT2D eigenvalue weighted by molar-refractivity contribution is 7.10. The summed E-state index contributed by atoms with van der Waals surface area (Å²) in [5.74, 6) is 7.50. The normalized spacial score (nSPS) is 54.8. The predicted octanol–water partition coefficient (Wildman–Crippen LogP) is 7.26. The van der Waals surface area contributed by atoms with Gasteiger partial charge >= 0.3 is 0 Å². The van der Waals surface area contributed by atoms with Gasteiger partial charge in [-0.05, 0) is 135 Å². The molecule has 0 amide bonds. The summed E-state index contributed by atoms with van der Waals surface area (Å²) in [6.07, 6.45) is 19.2. The molecular formula is C25H34S. The van der Waals surface area contributed by atoms with Crippen LogP contribution in [0.5, 0.6) is 0 Å². The van der Waals surface area contributed by atoms with E-state index in [4.69, 9.17) is 0 Å². The van der Waals surface area contributed by atoms with E-state index in [2.05, 4.69) is 28.8 Å². The molecule has 0 aliphatic heterocycles. The van der Waals surface area contributed by atoms with E-state index in [1.807, 2.05) is 4.88 Å². The van der Waals surface area contributed by atoms with E-state index in [0.29, 0.717) is 10.8 Å². The van der Waals surface area contributed by atoms with Gasteiger partial charge < -0.3 is 0 Å². The summed E-state index contributed by atoms with van der Waals surface area (Å²) in [5.41, 5.74) is 1.40. The highest BCUT2D eigenvalue weighted by atomic mass is 32.1. The van der Waals surface area contributed by atoms with Crippen LogP contribution < -0.4 is 0 Å². The first-order valence-corrected chi connectivity index (χ1v) is 12.6. The van der Waals surface area contributed by atoms with Gasteiger partial charge in [-0.15, -0.1) is 11.3 Å². The summed E-state index contributed by atoms with van der Waals surface area (Å²) in [4.78, 5) is 1.81. The number of hydrogen-bond donors (Lipinski definition) is 0. The average molecular weight is 367 g/mol. The van der Waals surface area contributed by atoms with Crippen molar-refractivity contribution < 1.29 is 0 Å². The van der Waals surface area contributed by atoms with Crippen LogP contribution in [0.4, 0.5) is 0 Å². The molecule has 8 bridgehead atoms. The van der Waals surface area contributed by atoms with E-state index < -0.39 is 0 Å². The summed E-state index contributed by atoms with van der Waals surface area (Å²) in [5, 5.41) is 2.39. The van der Waals surface area contributed by atoms with Crippen molar-refractivity contribution in [2.24, 2.45) is 46.3 Å². The molecule has 0 saturated heterocycles. The summed E-state index contributed by atoms with van der Waals surface area (Å²) >= 11 is 2.13. The molecule has 140 valence electrons. The average Bonchev–Trinajstić information content (AvgIpc) is 3.05. The van der Waals surface area contributed by atoms with Gasteiger partial charge in [-0.2, -0.15) is 0 Å². The first kappa shape index (κ1) is 15.6. The molecule has 8 fully saturated rings. The highest BCUT2D eigenvalue weighted by Crippen LogP contribution is 2.74. The SMILES string of the molecule is c1csc(C(C23CC4CC(CC(C4)C2)C3)C23CC4CC(CC(C4)C2)C3)c1. The number of thiophene rings is 1. The Morgan fingerprint density at radius 1 is 0.654 bits per heavy atom. The molecule has 1 aromatic heterocycles. The number of rotatable bonds is 3. The van der Waals surface area contributed by atoms with Crippen LogP contribution in [-0.4, -0.2) is 0 Å². The second-order valence-corrected chi connectivity index (χ2v) is 13.0. The second-order valence-electron chi connectivity index (χ2n) is 12.0. The molecule has 0 unspecified atom stereocenters. The molecule has 0 radical (unpaired) electrons. The van der Waals surface area contributed by atoms with Crippen LogP contribution in [0.2, 0.25) is 0 Å². The molecule has 9 rings (SSSR count). The van der Waals surface area contributed by atoms with E-state index in [-0.39, 0.29) is 0 Å². The lowest BCUT2D eigenvalue weighted by Gasteiger charge is -2.67. The molecule has 1 aromatic rings. The largest absolute Gasteiger partial charge is 0.149 e. The van der Waals surface area contributed by atoms with Gasteiger partial charge in [0.25, 0.3) is 0 Å². The van der Waals surface area contributed by atoms with Gasteiger partial charge in [-0.25, -0.2) is 0 Å². The number of hydrogen-bond acceptors (Lipinski definition) is 1. The maximum absolute atomic E-state index is 2.56. The van der Waals surface area contributed by atoms with Crippen molar-refractivity contribution in [1.29, 1.82) is 0 Å². The third-order valence-electron chi connectivity index (χ3n) is 10.2. The molecule has 0 atom stereocenters. The van der Waals surface area contributed by atoms with Crippen LogP contribution in [0, 0.1) is 46.3 Å². The highest BCUT2D eigenvalue weighted by Gasteiger charge is 2.63.